The van der Waals surface area contributed by atoms with E-state index in [0.717, 1.165) is 0 Å². The maximum atomic E-state index is 13.3. The van der Waals surface area contributed by atoms with Crippen molar-refractivity contribution in [3.05, 3.63) is 71.5 Å². The van der Waals surface area contributed by atoms with E-state index in [1.807, 2.05) is 0 Å². The number of Topliss-reactive ketones (excluding diaryl/α,β-unsaturated/α-hetero) is 1. The molecule has 0 unspecified atom stereocenters. The number of aromatic nitrogens is 1. The minimum Gasteiger partial charge on any atom is -0.395 e. The van der Waals surface area contributed by atoms with Crippen molar-refractivity contribution < 1.29 is 9.18 Å². The van der Waals surface area contributed by atoms with Gasteiger partial charge in [-0.25, -0.2) is 4.39 Å². The number of carbonyl (C=O) groups excluding carboxylic acids is 1. The van der Waals surface area contributed by atoms with Crippen molar-refractivity contribution >= 4 is 17.1 Å². The highest BCUT2D eigenvalue weighted by atomic mass is 19.1. The first-order chi connectivity index (χ1) is 10.5. The van der Waals surface area contributed by atoms with Gasteiger partial charge in [0.05, 0.1) is 11.4 Å². The molecular formula is C17H16FN3O. The van der Waals surface area contributed by atoms with Crippen LogP contribution in [0, 0.1) is 5.41 Å². The number of nitrogens with one attached hydrogen (secondary N) is 1. The first-order valence-corrected chi connectivity index (χ1v) is 6.74. The van der Waals surface area contributed by atoms with Crippen molar-refractivity contribution in [1.82, 2.24) is 4.98 Å². The zero-order valence-corrected chi connectivity index (χ0v) is 12.1. The van der Waals surface area contributed by atoms with Crippen molar-refractivity contribution in [3.63, 3.8) is 0 Å². The van der Waals surface area contributed by atoms with Crippen LogP contribution in [0.15, 0.2) is 65.9 Å². The van der Waals surface area contributed by atoms with Crippen LogP contribution in [0.25, 0.3) is 5.57 Å². The zero-order valence-electron chi connectivity index (χ0n) is 12.1. The maximum absolute atomic E-state index is 13.3. The number of halogens is 1. The molecule has 2 rings (SSSR count). The molecule has 1 aliphatic rings. The highest BCUT2D eigenvalue weighted by molar-refractivity contribution is 6.34. The molecule has 0 aliphatic heterocycles. The molecule has 1 aromatic rings. The number of hydrogen-bond acceptors (Lipinski definition) is 4. The number of rotatable bonds is 4. The Kier molecular flexibility index (Phi) is 4.78. The van der Waals surface area contributed by atoms with E-state index in [2.05, 4.69) is 4.98 Å². The lowest BCUT2D eigenvalue weighted by Crippen LogP contribution is -2.16. The second kappa shape index (κ2) is 6.76. The Hall–Kier alpha value is -2.82. The van der Waals surface area contributed by atoms with E-state index in [1.54, 1.807) is 30.6 Å². The fourth-order valence-electron chi connectivity index (χ4n) is 2.08. The molecule has 4 nitrogen and oxygen atoms in total. The summed E-state index contributed by atoms with van der Waals surface area (Å²) in [5.74, 6) is -0.695. The van der Waals surface area contributed by atoms with Gasteiger partial charge in [0.2, 0.25) is 0 Å². The van der Waals surface area contributed by atoms with Crippen molar-refractivity contribution in [2.45, 2.75) is 13.3 Å². The van der Waals surface area contributed by atoms with Gasteiger partial charge in [0, 0.05) is 24.9 Å². The summed E-state index contributed by atoms with van der Waals surface area (Å²) in [6.07, 6.45) is 9.33. The van der Waals surface area contributed by atoms with Crippen LogP contribution in [-0.4, -0.2) is 16.5 Å². The van der Waals surface area contributed by atoms with Gasteiger partial charge in [-0.2, -0.15) is 0 Å². The average molecular weight is 297 g/mol. The molecule has 0 amide bonds. The third kappa shape index (κ3) is 3.44. The van der Waals surface area contributed by atoms with Crippen LogP contribution in [0.1, 0.15) is 18.9 Å². The molecule has 1 heterocycles. The molecule has 1 aromatic heterocycles. The van der Waals surface area contributed by atoms with E-state index in [-0.39, 0.29) is 23.0 Å². The Morgan fingerprint density at radius 1 is 1.32 bits per heavy atom. The molecule has 22 heavy (non-hydrogen) atoms. The van der Waals surface area contributed by atoms with Gasteiger partial charge in [-0.1, -0.05) is 12.2 Å². The van der Waals surface area contributed by atoms with Gasteiger partial charge in [-0.15, -0.1) is 0 Å². The van der Waals surface area contributed by atoms with Crippen molar-refractivity contribution in [1.29, 1.82) is 5.41 Å². The Balaban J connectivity index is 2.52. The second-order valence-corrected chi connectivity index (χ2v) is 4.81. The number of allylic oxidation sites excluding steroid dienone is 8. The van der Waals surface area contributed by atoms with E-state index in [9.17, 15) is 9.18 Å². The van der Waals surface area contributed by atoms with Crippen LogP contribution in [0.2, 0.25) is 0 Å². The molecule has 0 radical (unpaired) electrons. The van der Waals surface area contributed by atoms with Gasteiger partial charge in [0.25, 0.3) is 0 Å². The number of pyridine rings is 1. The summed E-state index contributed by atoms with van der Waals surface area (Å²) in [6.45, 7) is 1.35. The van der Waals surface area contributed by atoms with Crippen LogP contribution >= 0.6 is 0 Å². The van der Waals surface area contributed by atoms with E-state index in [0.29, 0.717) is 23.1 Å². The molecule has 3 N–H and O–H groups in total. The number of carbonyl (C=O) groups is 1. The molecule has 0 saturated heterocycles. The van der Waals surface area contributed by atoms with Crippen molar-refractivity contribution in [2.24, 2.45) is 5.73 Å². The Morgan fingerprint density at radius 2 is 2.00 bits per heavy atom. The number of nitrogens with two attached hydrogens (primary N) is 1. The molecule has 1 aliphatic carbocycles. The van der Waals surface area contributed by atoms with E-state index in [1.165, 1.54) is 25.2 Å². The molecule has 0 fully saturated rings. The van der Waals surface area contributed by atoms with Crippen LogP contribution in [0.5, 0.6) is 0 Å². The van der Waals surface area contributed by atoms with Gasteiger partial charge < -0.3 is 5.73 Å². The number of hydrogen-bond donors (Lipinski definition) is 2. The summed E-state index contributed by atoms with van der Waals surface area (Å²) in [5, 5.41) is 8.40. The standard InChI is InChI=1S/C17H16FN3O/c1-11(22)16(19)15(12-7-9-21-10-8-12)17(20)13-3-2-4-14(18)6-5-13/h2,4-10,20H,3,19H2,1H3/b16-15-,20-17?. The van der Waals surface area contributed by atoms with Crippen LogP contribution in [-0.2, 0) is 4.79 Å². The molecule has 0 aromatic carbocycles. The SMILES string of the molecule is CC(=O)/C(N)=C(/C(=N)C1=CC=C(F)C=CC1)c1ccncc1. The number of ketones is 1. The molecule has 0 atom stereocenters. The molecule has 112 valence electrons. The summed E-state index contributed by atoms with van der Waals surface area (Å²) in [6, 6.07) is 3.37. The largest absolute Gasteiger partial charge is 0.395 e. The van der Waals surface area contributed by atoms with Gasteiger partial charge >= 0.3 is 0 Å². The van der Waals surface area contributed by atoms with Crippen LogP contribution in [0.3, 0.4) is 0 Å². The van der Waals surface area contributed by atoms with Crippen LogP contribution < -0.4 is 5.73 Å². The molecule has 0 spiro atoms. The fraction of sp³-hybridized carbons (Fsp3) is 0.118. The van der Waals surface area contributed by atoms with Gasteiger partial charge in [0.1, 0.15) is 5.83 Å². The maximum Gasteiger partial charge on any atom is 0.176 e. The Morgan fingerprint density at radius 3 is 2.64 bits per heavy atom. The van der Waals surface area contributed by atoms with Gasteiger partial charge in [-0.3, -0.25) is 15.2 Å². The summed E-state index contributed by atoms with van der Waals surface area (Å²) >= 11 is 0. The Labute approximate surface area is 128 Å². The van der Waals surface area contributed by atoms with E-state index >= 15 is 0 Å². The summed E-state index contributed by atoms with van der Waals surface area (Å²) in [7, 11) is 0. The normalized spacial score (nSPS) is 15.4. The summed E-state index contributed by atoms with van der Waals surface area (Å²) in [4.78, 5) is 15.6. The first kappa shape index (κ1) is 15.6. The quantitative estimate of drug-likeness (QED) is 0.662. The average Bonchev–Trinajstić information content (AvgIpc) is 2.73. The minimum atomic E-state index is -0.378. The Bertz CT molecular complexity index is 728. The smallest absolute Gasteiger partial charge is 0.176 e. The minimum absolute atomic E-state index is 0.00905. The number of nitrogens with zero attached hydrogens (tertiary/aromatic N) is 1. The molecule has 5 heteroatoms. The summed E-state index contributed by atoms with van der Waals surface area (Å²) < 4.78 is 13.3. The van der Waals surface area contributed by atoms with Crippen molar-refractivity contribution in [2.75, 3.05) is 0 Å². The summed E-state index contributed by atoms with van der Waals surface area (Å²) in [5.41, 5.74) is 7.57. The fourth-order valence-corrected chi connectivity index (χ4v) is 2.08. The predicted octanol–water partition coefficient (Wildman–Crippen LogP) is 3.10. The van der Waals surface area contributed by atoms with E-state index in [4.69, 9.17) is 11.1 Å². The van der Waals surface area contributed by atoms with E-state index < -0.39 is 0 Å². The topological polar surface area (TPSA) is 79.8 Å². The second-order valence-electron chi connectivity index (χ2n) is 4.81. The lowest BCUT2D eigenvalue weighted by atomic mass is 9.92. The third-order valence-electron chi connectivity index (χ3n) is 3.25. The zero-order chi connectivity index (χ0) is 16.1. The molecule has 0 saturated carbocycles. The predicted molar refractivity (Wildman–Crippen MR) is 84.8 cm³/mol. The van der Waals surface area contributed by atoms with Crippen LogP contribution in [0.4, 0.5) is 4.39 Å². The van der Waals surface area contributed by atoms with Gasteiger partial charge in [-0.05, 0) is 41.8 Å². The third-order valence-corrected chi connectivity index (χ3v) is 3.25. The first-order valence-electron chi connectivity index (χ1n) is 6.74. The molecular weight excluding hydrogens is 281 g/mol. The highest BCUT2D eigenvalue weighted by Gasteiger charge is 2.18. The van der Waals surface area contributed by atoms with Gasteiger partial charge in [0.15, 0.2) is 5.78 Å². The monoisotopic (exact) mass is 297 g/mol. The van der Waals surface area contributed by atoms with Crippen molar-refractivity contribution in [3.8, 4) is 0 Å². The lowest BCUT2D eigenvalue weighted by Gasteiger charge is -2.14. The highest BCUT2D eigenvalue weighted by Crippen LogP contribution is 2.24. The lowest BCUT2D eigenvalue weighted by molar-refractivity contribution is -0.113. The molecule has 0 bridgehead atoms.